The number of aromatic nitrogens is 2. The Kier molecular flexibility index (Phi) is 3.86. The second kappa shape index (κ2) is 5.94. The quantitative estimate of drug-likeness (QED) is 0.807. The molecule has 4 heteroatoms. The number of hydrogen-bond donors (Lipinski definition) is 1. The number of hydrogen-bond acceptors (Lipinski definition) is 3. The molecule has 1 N–H and O–H groups in total. The summed E-state index contributed by atoms with van der Waals surface area (Å²) in [6, 6.07) is 10.2. The largest absolute Gasteiger partial charge is 0.311 e. The molecule has 0 aliphatic heterocycles. The Morgan fingerprint density at radius 1 is 1.28 bits per heavy atom. The molecule has 1 atom stereocenters. The highest BCUT2D eigenvalue weighted by Gasteiger charge is 2.46. The molecule has 0 unspecified atom stereocenters. The zero-order valence-electron chi connectivity index (χ0n) is 14.8. The van der Waals surface area contributed by atoms with E-state index in [1.54, 1.807) is 6.92 Å². The molecule has 2 saturated carbocycles. The van der Waals surface area contributed by atoms with Gasteiger partial charge >= 0.3 is 0 Å². The van der Waals surface area contributed by atoms with Gasteiger partial charge in [-0.1, -0.05) is 31.2 Å². The van der Waals surface area contributed by atoms with E-state index in [0.717, 1.165) is 18.8 Å². The molecule has 0 amide bonds. The first-order valence-electron chi connectivity index (χ1n) is 9.16. The molecule has 4 rings (SSSR count). The van der Waals surface area contributed by atoms with Gasteiger partial charge in [0.05, 0.1) is 0 Å². The highest BCUT2D eigenvalue weighted by molar-refractivity contribution is 5.94. The van der Waals surface area contributed by atoms with E-state index in [-0.39, 0.29) is 28.4 Å². The first-order valence-corrected chi connectivity index (χ1v) is 9.16. The summed E-state index contributed by atoms with van der Waals surface area (Å²) in [5.74, 6) is 1.38. The van der Waals surface area contributed by atoms with Crippen molar-refractivity contribution in [2.45, 2.75) is 57.8 Å². The van der Waals surface area contributed by atoms with E-state index in [1.807, 2.05) is 0 Å². The van der Waals surface area contributed by atoms with E-state index in [1.165, 1.54) is 30.0 Å². The average Bonchev–Trinajstić information content (AvgIpc) is 3.48. The van der Waals surface area contributed by atoms with Gasteiger partial charge in [-0.25, -0.2) is 4.98 Å². The molecule has 2 aromatic rings. The van der Waals surface area contributed by atoms with Crippen molar-refractivity contribution >= 4 is 5.78 Å². The fourth-order valence-corrected chi connectivity index (χ4v) is 3.74. The lowest BCUT2D eigenvalue weighted by molar-refractivity contribution is 0.0956. The van der Waals surface area contributed by atoms with Crippen LogP contribution in [0.3, 0.4) is 0 Å². The van der Waals surface area contributed by atoms with Crippen molar-refractivity contribution in [3.8, 4) is 0 Å². The number of carbonyl (C=O) groups is 1. The number of nitrogens with one attached hydrogen (secondary N) is 1. The van der Waals surface area contributed by atoms with Crippen LogP contribution in [0.4, 0.5) is 0 Å². The molecule has 4 nitrogen and oxygen atoms in total. The molecule has 0 radical (unpaired) electrons. The smallest absolute Gasteiger partial charge is 0.251 e. The van der Waals surface area contributed by atoms with Crippen LogP contribution in [0.25, 0.3) is 0 Å². The van der Waals surface area contributed by atoms with Crippen molar-refractivity contribution in [1.82, 2.24) is 9.97 Å². The maximum absolute atomic E-state index is 12.8. The fourth-order valence-electron chi connectivity index (χ4n) is 3.74. The summed E-state index contributed by atoms with van der Waals surface area (Å²) in [7, 11) is 0. The summed E-state index contributed by atoms with van der Waals surface area (Å²) in [4.78, 5) is 31.2. The molecule has 0 saturated heterocycles. The number of aromatic amines is 1. The number of nitrogens with zero attached hydrogens (tertiary/aromatic N) is 1. The monoisotopic (exact) mass is 336 g/mol. The number of H-pyrrole nitrogens is 1. The van der Waals surface area contributed by atoms with Crippen LogP contribution >= 0.6 is 0 Å². The van der Waals surface area contributed by atoms with Crippen LogP contribution in [0, 0.1) is 12.3 Å². The van der Waals surface area contributed by atoms with E-state index >= 15 is 0 Å². The third-order valence-corrected chi connectivity index (χ3v) is 5.80. The maximum Gasteiger partial charge on any atom is 0.251 e. The minimum absolute atomic E-state index is 0.0430. The van der Waals surface area contributed by atoms with Crippen molar-refractivity contribution in [3.05, 3.63) is 63.3 Å². The van der Waals surface area contributed by atoms with Crippen LogP contribution in [-0.2, 0) is 0 Å². The zero-order chi connectivity index (χ0) is 17.6. The molecule has 0 bridgehead atoms. The average molecular weight is 336 g/mol. The number of ketones is 1. The van der Waals surface area contributed by atoms with Crippen molar-refractivity contribution in [3.63, 3.8) is 0 Å². The van der Waals surface area contributed by atoms with Crippen molar-refractivity contribution in [2.75, 3.05) is 0 Å². The normalized spacial score (nSPS) is 19.4. The van der Waals surface area contributed by atoms with Gasteiger partial charge in [-0.3, -0.25) is 9.59 Å². The van der Waals surface area contributed by atoms with E-state index in [4.69, 9.17) is 0 Å². The highest BCUT2D eigenvalue weighted by atomic mass is 16.1. The summed E-state index contributed by atoms with van der Waals surface area (Å²) in [5.41, 5.74) is 2.86. The van der Waals surface area contributed by atoms with E-state index in [9.17, 15) is 9.59 Å². The first kappa shape index (κ1) is 16.2. The van der Waals surface area contributed by atoms with E-state index in [0.29, 0.717) is 12.2 Å². The summed E-state index contributed by atoms with van der Waals surface area (Å²) in [6.45, 7) is 3.96. The van der Waals surface area contributed by atoms with Gasteiger partial charge in [0, 0.05) is 12.5 Å². The number of benzene rings is 1. The Morgan fingerprint density at radius 3 is 2.52 bits per heavy atom. The van der Waals surface area contributed by atoms with E-state index < -0.39 is 0 Å². The molecular weight excluding hydrogens is 312 g/mol. The van der Waals surface area contributed by atoms with Crippen LogP contribution in [-0.4, -0.2) is 15.8 Å². The van der Waals surface area contributed by atoms with Crippen LogP contribution in [0.15, 0.2) is 35.1 Å². The molecule has 2 fully saturated rings. The van der Waals surface area contributed by atoms with Gasteiger partial charge in [0.1, 0.15) is 11.5 Å². The summed E-state index contributed by atoms with van der Waals surface area (Å²) >= 11 is 0. The molecule has 25 heavy (non-hydrogen) atoms. The van der Waals surface area contributed by atoms with Gasteiger partial charge in [-0.05, 0) is 61.0 Å². The predicted molar refractivity (Wildman–Crippen MR) is 97.0 cm³/mol. The van der Waals surface area contributed by atoms with Crippen LogP contribution < -0.4 is 5.56 Å². The van der Waals surface area contributed by atoms with Crippen LogP contribution in [0.2, 0.25) is 0 Å². The Labute approximate surface area is 147 Å². The minimum Gasteiger partial charge on any atom is -0.311 e. The molecular formula is C21H24N2O2. The predicted octanol–water partition coefficient (Wildman–Crippen LogP) is 4.11. The third-order valence-electron chi connectivity index (χ3n) is 5.80. The number of Topliss-reactive ketones (excluding diaryl/α,β-unsaturated/α-hetero) is 1. The van der Waals surface area contributed by atoms with Crippen LogP contribution in [0.5, 0.6) is 0 Å². The Morgan fingerprint density at radius 2 is 1.96 bits per heavy atom. The van der Waals surface area contributed by atoms with Crippen molar-refractivity contribution in [2.24, 2.45) is 5.41 Å². The lowest BCUT2D eigenvalue weighted by atomic mass is 9.80. The number of aryl methyl sites for hydroxylation is 1. The topological polar surface area (TPSA) is 62.8 Å². The molecule has 130 valence electrons. The van der Waals surface area contributed by atoms with Crippen molar-refractivity contribution < 1.29 is 4.79 Å². The molecule has 2 aliphatic carbocycles. The Bertz CT molecular complexity index is 858. The number of rotatable bonds is 6. The molecule has 2 aliphatic rings. The SMILES string of the molecule is Cc1nc(C(=O)C[C@@H](c2ccc(C3CC3)cc2)C2(C)CC2)cc(=O)[nH]1. The minimum atomic E-state index is -0.265. The van der Waals surface area contributed by atoms with E-state index in [2.05, 4.69) is 41.2 Å². The Hall–Kier alpha value is -2.23. The second-order valence-electron chi connectivity index (χ2n) is 7.99. The lowest BCUT2D eigenvalue weighted by Gasteiger charge is -2.24. The second-order valence-corrected chi connectivity index (χ2v) is 7.99. The number of carbonyl (C=O) groups excluding carboxylic acids is 1. The summed E-state index contributed by atoms with van der Waals surface area (Å²) in [5, 5.41) is 0. The fraction of sp³-hybridized carbons (Fsp3) is 0.476. The van der Waals surface area contributed by atoms with Crippen molar-refractivity contribution in [1.29, 1.82) is 0 Å². The molecule has 1 aromatic carbocycles. The highest BCUT2D eigenvalue weighted by Crippen LogP contribution is 2.57. The van der Waals surface area contributed by atoms with Gasteiger partial charge in [-0.15, -0.1) is 0 Å². The first-order chi connectivity index (χ1) is 11.9. The Balaban J connectivity index is 1.59. The van der Waals surface area contributed by atoms with Gasteiger partial charge in [0.25, 0.3) is 5.56 Å². The van der Waals surface area contributed by atoms with Gasteiger partial charge in [0.15, 0.2) is 5.78 Å². The van der Waals surface area contributed by atoms with Gasteiger partial charge < -0.3 is 4.98 Å². The third kappa shape index (κ3) is 3.44. The van der Waals surface area contributed by atoms with Gasteiger partial charge in [0.2, 0.25) is 0 Å². The summed E-state index contributed by atoms with van der Waals surface area (Å²) in [6.07, 6.45) is 5.31. The molecule has 1 heterocycles. The molecule has 1 aromatic heterocycles. The van der Waals surface area contributed by atoms with Crippen LogP contribution in [0.1, 0.15) is 78.3 Å². The van der Waals surface area contributed by atoms with Gasteiger partial charge in [-0.2, -0.15) is 0 Å². The standard InChI is InChI=1S/C21H24N2O2/c1-13-22-18(12-20(25)23-13)19(24)11-17(21(2)9-10-21)16-7-5-15(6-8-16)14-3-4-14/h5-8,12,14,17H,3-4,9-11H2,1-2H3,(H,22,23,25)/t17-/m0/s1. The molecule has 0 spiro atoms. The lowest BCUT2D eigenvalue weighted by Crippen LogP contribution is -2.19. The summed E-state index contributed by atoms with van der Waals surface area (Å²) < 4.78 is 0. The zero-order valence-corrected chi connectivity index (χ0v) is 14.8. The maximum atomic E-state index is 12.8.